The first-order chi connectivity index (χ1) is 14.1. The molecule has 6 nitrogen and oxygen atoms in total. The molecule has 29 heavy (non-hydrogen) atoms. The van der Waals surface area contributed by atoms with Crippen molar-refractivity contribution in [2.45, 2.75) is 19.4 Å². The molecule has 2 aliphatic rings. The van der Waals surface area contributed by atoms with E-state index in [0.717, 1.165) is 12.8 Å². The second kappa shape index (κ2) is 8.13. The second-order valence-corrected chi connectivity index (χ2v) is 7.38. The Bertz CT molecular complexity index is 944. The smallest absolute Gasteiger partial charge is 0.278 e. The molecule has 2 aliphatic heterocycles. The molecule has 3 heterocycles. The van der Waals surface area contributed by atoms with Crippen LogP contribution in [0.2, 0.25) is 0 Å². The molecule has 1 saturated heterocycles. The molecule has 4 rings (SSSR count). The molecule has 1 N–H and O–H groups in total. The third-order valence-corrected chi connectivity index (χ3v) is 5.42. The van der Waals surface area contributed by atoms with E-state index in [9.17, 15) is 19.1 Å². The number of benzene rings is 1. The summed E-state index contributed by atoms with van der Waals surface area (Å²) < 4.78 is 13.4. The Balaban J connectivity index is 1.73. The lowest BCUT2D eigenvalue weighted by molar-refractivity contribution is -0.138. The van der Waals surface area contributed by atoms with Crippen LogP contribution in [0, 0.1) is 11.7 Å². The topological polar surface area (TPSA) is 73.7 Å². The summed E-state index contributed by atoms with van der Waals surface area (Å²) in [7, 11) is 0. The Morgan fingerprint density at radius 1 is 1.10 bits per heavy atom. The molecule has 0 aliphatic carbocycles. The lowest BCUT2D eigenvalue weighted by Crippen LogP contribution is -2.40. The van der Waals surface area contributed by atoms with Gasteiger partial charge in [-0.05, 0) is 48.6 Å². The number of nitrogens with zero attached hydrogens (tertiary/aromatic N) is 3. The summed E-state index contributed by atoms with van der Waals surface area (Å²) in [6, 6.07) is 10.9. The number of pyridine rings is 1. The molecule has 2 amide bonds. The summed E-state index contributed by atoms with van der Waals surface area (Å²) in [5, 5.41) is 9.57. The van der Waals surface area contributed by atoms with Gasteiger partial charge >= 0.3 is 0 Å². The van der Waals surface area contributed by atoms with E-state index in [1.54, 1.807) is 24.4 Å². The fourth-order valence-electron chi connectivity index (χ4n) is 3.95. The Labute approximate surface area is 168 Å². The lowest BCUT2D eigenvalue weighted by Gasteiger charge is -2.34. The van der Waals surface area contributed by atoms with Crippen LogP contribution in [0.15, 0.2) is 54.4 Å². The number of imide groups is 1. The summed E-state index contributed by atoms with van der Waals surface area (Å²) in [6.07, 6.45) is 3.32. The number of carbonyl (C=O) groups is 2. The van der Waals surface area contributed by atoms with Crippen LogP contribution in [0.1, 0.15) is 24.1 Å². The molecule has 1 fully saturated rings. The van der Waals surface area contributed by atoms with Gasteiger partial charge in [0.15, 0.2) is 0 Å². The zero-order valence-corrected chi connectivity index (χ0v) is 15.9. The minimum Gasteiger partial charge on any atom is -0.396 e. The number of piperidine rings is 1. The SMILES string of the molecule is O=C1C(c2ccc(F)cc2)=C(N2CCCC(CO)C2)C(=O)N1Cc1ccccn1. The van der Waals surface area contributed by atoms with Gasteiger partial charge in [0.05, 0.1) is 17.8 Å². The summed E-state index contributed by atoms with van der Waals surface area (Å²) in [4.78, 5) is 33.9. The van der Waals surface area contributed by atoms with E-state index in [4.69, 9.17) is 0 Å². The molecule has 0 saturated carbocycles. The number of hydrogen-bond acceptors (Lipinski definition) is 5. The predicted molar refractivity (Wildman–Crippen MR) is 104 cm³/mol. The number of likely N-dealkylation sites (tertiary alicyclic amines) is 1. The molecular weight excluding hydrogens is 373 g/mol. The van der Waals surface area contributed by atoms with E-state index in [-0.39, 0.29) is 30.5 Å². The maximum absolute atomic E-state index is 13.4. The van der Waals surface area contributed by atoms with Crippen LogP contribution in [0.3, 0.4) is 0 Å². The van der Waals surface area contributed by atoms with Gasteiger partial charge in [-0.1, -0.05) is 18.2 Å². The van der Waals surface area contributed by atoms with Crippen LogP contribution < -0.4 is 0 Å². The monoisotopic (exact) mass is 395 g/mol. The van der Waals surface area contributed by atoms with Gasteiger partial charge < -0.3 is 10.0 Å². The third-order valence-electron chi connectivity index (χ3n) is 5.42. The highest BCUT2D eigenvalue weighted by atomic mass is 19.1. The average Bonchev–Trinajstić information content (AvgIpc) is 3.00. The van der Waals surface area contributed by atoms with Crippen molar-refractivity contribution in [1.29, 1.82) is 0 Å². The van der Waals surface area contributed by atoms with Crippen molar-refractivity contribution in [3.63, 3.8) is 0 Å². The fourth-order valence-corrected chi connectivity index (χ4v) is 3.95. The molecule has 1 aromatic heterocycles. The quantitative estimate of drug-likeness (QED) is 0.786. The minimum atomic E-state index is -0.409. The number of carbonyl (C=O) groups excluding carboxylic acids is 2. The molecular formula is C22H22FN3O3. The second-order valence-electron chi connectivity index (χ2n) is 7.38. The lowest BCUT2D eigenvalue weighted by atomic mass is 9.97. The van der Waals surface area contributed by atoms with Gasteiger partial charge in [-0.15, -0.1) is 0 Å². The number of amides is 2. The maximum atomic E-state index is 13.4. The van der Waals surface area contributed by atoms with E-state index < -0.39 is 11.7 Å². The van der Waals surface area contributed by atoms with E-state index in [1.807, 2.05) is 4.90 Å². The van der Waals surface area contributed by atoms with E-state index in [2.05, 4.69) is 4.98 Å². The Hall–Kier alpha value is -3.06. The minimum absolute atomic E-state index is 0.0372. The molecule has 1 aromatic carbocycles. The molecule has 0 bridgehead atoms. The molecule has 7 heteroatoms. The zero-order chi connectivity index (χ0) is 20.4. The first-order valence-electron chi connectivity index (χ1n) is 9.70. The van der Waals surface area contributed by atoms with Crippen molar-refractivity contribution in [1.82, 2.24) is 14.8 Å². The summed E-state index contributed by atoms with van der Waals surface area (Å²) in [5.41, 5.74) is 1.73. The molecule has 2 aromatic rings. The summed E-state index contributed by atoms with van der Waals surface area (Å²) in [6.45, 7) is 1.25. The largest absolute Gasteiger partial charge is 0.396 e. The maximum Gasteiger partial charge on any atom is 0.278 e. The van der Waals surface area contributed by atoms with E-state index in [1.165, 1.54) is 29.2 Å². The molecule has 1 atom stereocenters. The Kier molecular flexibility index (Phi) is 5.40. The zero-order valence-electron chi connectivity index (χ0n) is 15.9. The van der Waals surface area contributed by atoms with Crippen molar-refractivity contribution in [3.05, 3.63) is 71.4 Å². The highest BCUT2D eigenvalue weighted by Crippen LogP contribution is 2.34. The van der Waals surface area contributed by atoms with Gasteiger partial charge in [0.1, 0.15) is 11.5 Å². The van der Waals surface area contributed by atoms with Crippen molar-refractivity contribution < 1.29 is 19.1 Å². The van der Waals surface area contributed by atoms with Crippen molar-refractivity contribution in [3.8, 4) is 0 Å². The van der Waals surface area contributed by atoms with Crippen LogP contribution in [0.25, 0.3) is 5.57 Å². The molecule has 0 spiro atoms. The van der Waals surface area contributed by atoms with Crippen LogP contribution in [0.5, 0.6) is 0 Å². The molecule has 150 valence electrons. The van der Waals surface area contributed by atoms with Gasteiger partial charge in [-0.25, -0.2) is 4.39 Å². The van der Waals surface area contributed by atoms with Gasteiger partial charge in [0.2, 0.25) is 0 Å². The van der Waals surface area contributed by atoms with Gasteiger partial charge in [-0.2, -0.15) is 0 Å². The fraction of sp³-hybridized carbons (Fsp3) is 0.318. The van der Waals surface area contributed by atoms with Gasteiger partial charge in [0, 0.05) is 25.9 Å². The summed E-state index contributed by atoms with van der Waals surface area (Å²) >= 11 is 0. The number of aliphatic hydroxyl groups excluding tert-OH is 1. The average molecular weight is 395 g/mol. The van der Waals surface area contributed by atoms with Crippen LogP contribution in [-0.2, 0) is 16.1 Å². The number of halogens is 1. The normalized spacial score (nSPS) is 20.0. The van der Waals surface area contributed by atoms with Crippen LogP contribution in [0.4, 0.5) is 4.39 Å². The highest BCUT2D eigenvalue weighted by molar-refractivity contribution is 6.35. The number of rotatable bonds is 5. The number of aliphatic hydroxyl groups is 1. The van der Waals surface area contributed by atoms with Crippen LogP contribution in [-0.4, -0.2) is 51.4 Å². The Morgan fingerprint density at radius 2 is 1.90 bits per heavy atom. The molecule has 0 radical (unpaired) electrons. The first kappa shape index (κ1) is 19.3. The van der Waals surface area contributed by atoms with Crippen LogP contribution >= 0.6 is 0 Å². The Morgan fingerprint density at radius 3 is 2.59 bits per heavy atom. The molecule has 1 unspecified atom stereocenters. The predicted octanol–water partition coefficient (Wildman–Crippen LogP) is 2.21. The summed E-state index contributed by atoms with van der Waals surface area (Å²) in [5.74, 6) is -1.14. The number of hydrogen-bond donors (Lipinski definition) is 1. The van der Waals surface area contributed by atoms with E-state index >= 15 is 0 Å². The first-order valence-corrected chi connectivity index (χ1v) is 9.70. The van der Waals surface area contributed by atoms with Crippen molar-refractivity contribution in [2.24, 2.45) is 5.92 Å². The van der Waals surface area contributed by atoms with Gasteiger partial charge in [0.25, 0.3) is 11.8 Å². The number of aromatic nitrogens is 1. The standard InChI is InChI=1S/C22H22FN3O3/c23-17-8-6-16(7-9-17)19-20(25-11-3-4-15(12-25)14-27)22(29)26(21(19)28)13-18-5-1-2-10-24-18/h1-2,5-10,15,27H,3-4,11-14H2. The van der Waals surface area contributed by atoms with Gasteiger partial charge in [-0.3, -0.25) is 19.5 Å². The third kappa shape index (κ3) is 3.78. The van der Waals surface area contributed by atoms with E-state index in [0.29, 0.717) is 30.0 Å². The highest BCUT2D eigenvalue weighted by Gasteiger charge is 2.42. The van der Waals surface area contributed by atoms with Crippen molar-refractivity contribution >= 4 is 17.4 Å². The van der Waals surface area contributed by atoms with Crippen molar-refractivity contribution in [2.75, 3.05) is 19.7 Å².